The van der Waals surface area contributed by atoms with Crippen LogP contribution >= 0.6 is 27.5 Å². The van der Waals surface area contributed by atoms with E-state index in [2.05, 4.69) is 26.1 Å². The average Bonchev–Trinajstić information content (AvgIpc) is 2.46. The number of hydrogen-bond donors (Lipinski definition) is 2. The fraction of sp³-hybridized carbons (Fsp3) is 0.0667. The van der Waals surface area contributed by atoms with Gasteiger partial charge >= 0.3 is 0 Å². The molecule has 0 saturated heterocycles. The maximum absolute atomic E-state index is 5.99. The summed E-state index contributed by atoms with van der Waals surface area (Å²) < 4.78 is 6.81. The van der Waals surface area contributed by atoms with Crippen molar-refractivity contribution in [3.05, 3.63) is 63.1 Å². The van der Waals surface area contributed by atoms with E-state index in [1.807, 2.05) is 24.3 Å². The van der Waals surface area contributed by atoms with E-state index in [-0.39, 0.29) is 5.96 Å². The van der Waals surface area contributed by atoms with Gasteiger partial charge in [-0.3, -0.25) is 0 Å². The first kappa shape index (κ1) is 16.3. The number of benzene rings is 2. The van der Waals surface area contributed by atoms with Crippen LogP contribution in [0.25, 0.3) is 0 Å². The normalized spacial score (nSPS) is 10.6. The third kappa shape index (κ3) is 5.05. The summed E-state index contributed by atoms with van der Waals surface area (Å²) in [5, 5.41) is 7.91. The van der Waals surface area contributed by atoms with E-state index < -0.39 is 0 Å². The van der Waals surface area contributed by atoms with Crippen LogP contribution in [0.3, 0.4) is 0 Å². The summed E-state index contributed by atoms with van der Waals surface area (Å²) in [6, 6.07) is 13.1. The highest BCUT2D eigenvalue weighted by Gasteiger charge is 2.04. The number of nitrogens with zero attached hydrogens (tertiary/aromatic N) is 2. The Hall–Kier alpha value is -2.05. The molecule has 0 bridgehead atoms. The van der Waals surface area contributed by atoms with Crippen LogP contribution in [-0.2, 0) is 6.61 Å². The first-order chi connectivity index (χ1) is 10.5. The Morgan fingerprint density at radius 3 is 2.77 bits per heavy atom. The van der Waals surface area contributed by atoms with Gasteiger partial charge in [-0.05, 0) is 35.9 Å². The van der Waals surface area contributed by atoms with Gasteiger partial charge in [0.05, 0.1) is 6.21 Å². The summed E-state index contributed by atoms with van der Waals surface area (Å²) in [6.45, 7) is 0.421. The Morgan fingerprint density at radius 1 is 1.23 bits per heavy atom. The van der Waals surface area contributed by atoms with Crippen LogP contribution in [0, 0.1) is 0 Å². The van der Waals surface area contributed by atoms with E-state index in [0.29, 0.717) is 22.9 Å². The van der Waals surface area contributed by atoms with Gasteiger partial charge in [0.15, 0.2) is 0 Å². The summed E-state index contributed by atoms with van der Waals surface area (Å²) in [7, 11) is 0. The molecule has 0 unspecified atom stereocenters. The molecule has 0 heterocycles. The zero-order valence-electron chi connectivity index (χ0n) is 11.5. The molecular weight excluding hydrogens is 368 g/mol. The maximum atomic E-state index is 5.99. The van der Waals surface area contributed by atoms with Gasteiger partial charge in [0.1, 0.15) is 12.4 Å². The molecule has 0 saturated carbocycles. The molecule has 114 valence electrons. The molecule has 0 spiro atoms. The largest absolute Gasteiger partial charge is 0.488 e. The molecule has 22 heavy (non-hydrogen) atoms. The van der Waals surface area contributed by atoms with Gasteiger partial charge in [0.25, 0.3) is 0 Å². The number of ether oxygens (including phenoxy) is 1. The highest BCUT2D eigenvalue weighted by Crippen LogP contribution is 2.23. The molecule has 0 aromatic heterocycles. The smallest absolute Gasteiger partial charge is 0.211 e. The molecule has 0 amide bonds. The molecule has 7 heteroatoms. The van der Waals surface area contributed by atoms with Gasteiger partial charge in [-0.1, -0.05) is 39.7 Å². The molecule has 0 aliphatic carbocycles. The number of halogens is 2. The number of rotatable bonds is 5. The fourth-order valence-corrected chi connectivity index (χ4v) is 2.32. The summed E-state index contributed by atoms with van der Waals surface area (Å²) in [4.78, 5) is 0. The molecular formula is C15H14BrClN4O. The quantitative estimate of drug-likeness (QED) is 0.473. The molecule has 0 radical (unpaired) electrons. The first-order valence-corrected chi connectivity index (χ1v) is 7.50. The Labute approximate surface area is 141 Å². The third-order valence-electron chi connectivity index (χ3n) is 2.63. The van der Waals surface area contributed by atoms with Crippen LogP contribution in [0.15, 0.2) is 57.1 Å². The van der Waals surface area contributed by atoms with Crippen LogP contribution in [0.1, 0.15) is 11.1 Å². The molecule has 0 fully saturated rings. The second-order valence-corrected chi connectivity index (χ2v) is 5.72. The maximum Gasteiger partial charge on any atom is 0.211 e. The van der Waals surface area contributed by atoms with Crippen molar-refractivity contribution in [2.45, 2.75) is 6.61 Å². The summed E-state index contributed by atoms with van der Waals surface area (Å²) in [5.41, 5.74) is 12.2. The summed E-state index contributed by atoms with van der Waals surface area (Å²) >= 11 is 9.42. The van der Waals surface area contributed by atoms with Crippen LogP contribution in [0.2, 0.25) is 5.02 Å². The van der Waals surface area contributed by atoms with Crippen molar-refractivity contribution in [2.75, 3.05) is 0 Å². The first-order valence-electron chi connectivity index (χ1n) is 6.33. The predicted octanol–water partition coefficient (Wildman–Crippen LogP) is 3.29. The molecule has 0 aliphatic heterocycles. The Balaban J connectivity index is 2.16. The lowest BCUT2D eigenvalue weighted by atomic mass is 10.2. The lowest BCUT2D eigenvalue weighted by Crippen LogP contribution is -2.21. The number of guanidine groups is 1. The molecule has 0 atom stereocenters. The third-order valence-corrected chi connectivity index (χ3v) is 3.35. The van der Waals surface area contributed by atoms with Crippen LogP contribution < -0.4 is 16.2 Å². The summed E-state index contributed by atoms with van der Waals surface area (Å²) in [6.07, 6.45) is 1.49. The SMILES string of the molecule is NC(N)=NN=Cc1cc(Cl)ccc1OCc1cccc(Br)c1. The van der Waals surface area contributed by atoms with Crippen molar-refractivity contribution in [1.82, 2.24) is 0 Å². The summed E-state index contributed by atoms with van der Waals surface area (Å²) in [5.74, 6) is 0.522. The van der Waals surface area contributed by atoms with Crippen molar-refractivity contribution in [3.63, 3.8) is 0 Å². The lowest BCUT2D eigenvalue weighted by Gasteiger charge is -2.09. The van der Waals surface area contributed by atoms with Crippen molar-refractivity contribution in [3.8, 4) is 5.75 Å². The van der Waals surface area contributed by atoms with E-state index in [1.54, 1.807) is 18.2 Å². The zero-order valence-corrected chi connectivity index (χ0v) is 13.9. The minimum absolute atomic E-state index is 0.116. The van der Waals surface area contributed by atoms with Gasteiger partial charge in [-0.15, -0.1) is 5.10 Å². The van der Waals surface area contributed by atoms with Gasteiger partial charge in [0.2, 0.25) is 5.96 Å². The van der Waals surface area contributed by atoms with Crippen LogP contribution in [0.5, 0.6) is 5.75 Å². The van der Waals surface area contributed by atoms with Gasteiger partial charge < -0.3 is 16.2 Å². The van der Waals surface area contributed by atoms with E-state index in [1.165, 1.54) is 6.21 Å². The fourth-order valence-electron chi connectivity index (χ4n) is 1.70. The lowest BCUT2D eigenvalue weighted by molar-refractivity contribution is 0.305. The van der Waals surface area contributed by atoms with Crippen molar-refractivity contribution in [1.29, 1.82) is 0 Å². The Kier molecular flexibility index (Phi) is 5.80. The standard InChI is InChI=1S/C15H14BrClN4O/c16-12-3-1-2-10(6-12)9-22-14-5-4-13(17)7-11(14)8-20-21-15(18)19/h1-8H,9H2,(H4,18,19,21). The Morgan fingerprint density at radius 2 is 2.05 bits per heavy atom. The van der Waals surface area contributed by atoms with Crippen LogP contribution in [-0.4, -0.2) is 12.2 Å². The second-order valence-electron chi connectivity index (χ2n) is 4.37. The Bertz CT molecular complexity index is 714. The second kappa shape index (κ2) is 7.82. The van der Waals surface area contributed by atoms with E-state index in [4.69, 9.17) is 27.8 Å². The van der Waals surface area contributed by atoms with Crippen molar-refractivity contribution < 1.29 is 4.74 Å². The molecule has 2 aromatic carbocycles. The predicted molar refractivity (Wildman–Crippen MR) is 93.3 cm³/mol. The number of nitrogens with two attached hydrogens (primary N) is 2. The van der Waals surface area contributed by atoms with Gasteiger partial charge in [-0.25, -0.2) is 0 Å². The topological polar surface area (TPSA) is 86.0 Å². The van der Waals surface area contributed by atoms with Crippen LogP contribution in [0.4, 0.5) is 0 Å². The van der Waals surface area contributed by atoms with Crippen molar-refractivity contribution in [2.24, 2.45) is 21.7 Å². The monoisotopic (exact) mass is 380 g/mol. The average molecular weight is 382 g/mol. The minimum atomic E-state index is -0.116. The molecule has 0 aliphatic rings. The van der Waals surface area contributed by atoms with E-state index >= 15 is 0 Å². The molecule has 2 aromatic rings. The van der Waals surface area contributed by atoms with Gasteiger partial charge in [0, 0.05) is 15.1 Å². The van der Waals surface area contributed by atoms with E-state index in [0.717, 1.165) is 10.0 Å². The number of hydrogen-bond acceptors (Lipinski definition) is 3. The highest BCUT2D eigenvalue weighted by atomic mass is 79.9. The zero-order chi connectivity index (χ0) is 15.9. The molecule has 2 rings (SSSR count). The van der Waals surface area contributed by atoms with E-state index in [9.17, 15) is 0 Å². The molecule has 5 nitrogen and oxygen atoms in total. The van der Waals surface area contributed by atoms with Crippen molar-refractivity contribution >= 4 is 39.7 Å². The highest BCUT2D eigenvalue weighted by molar-refractivity contribution is 9.10. The molecule has 4 N–H and O–H groups in total. The van der Waals surface area contributed by atoms with Gasteiger partial charge in [-0.2, -0.15) is 5.10 Å². The minimum Gasteiger partial charge on any atom is -0.488 e.